The average molecular weight is 339 g/mol. The molecule has 0 amide bonds. The molecule has 0 aliphatic carbocycles. The van der Waals surface area contributed by atoms with Crippen LogP contribution in [0.3, 0.4) is 0 Å². The fourth-order valence-electron chi connectivity index (χ4n) is 2.67. The van der Waals surface area contributed by atoms with Gasteiger partial charge in [0.1, 0.15) is 16.5 Å². The summed E-state index contributed by atoms with van der Waals surface area (Å²) in [4.78, 5) is 5.91. The Balaban J connectivity index is 1.79. The predicted molar refractivity (Wildman–Crippen MR) is 83.2 cm³/mol. The zero-order valence-electron chi connectivity index (χ0n) is 13.0. The Hall–Kier alpha value is -2.00. The summed E-state index contributed by atoms with van der Waals surface area (Å²) in [5.74, 6) is 0.552. The molecule has 1 aromatic carbocycles. The Bertz CT molecular complexity index is 792. The summed E-state index contributed by atoms with van der Waals surface area (Å²) in [6.07, 6.45) is 0. The minimum atomic E-state index is -3.84. The molecule has 3 rings (SSSR count). The van der Waals surface area contributed by atoms with Gasteiger partial charge in [-0.2, -0.15) is 9.29 Å². The molecular formula is C14H18FN5O2S. The average Bonchev–Trinajstić information content (AvgIpc) is 2.93. The molecule has 1 aromatic heterocycles. The van der Waals surface area contributed by atoms with Crippen LogP contribution in [0.2, 0.25) is 0 Å². The van der Waals surface area contributed by atoms with E-state index >= 15 is 0 Å². The first-order valence-corrected chi connectivity index (χ1v) is 8.73. The highest BCUT2D eigenvalue weighted by atomic mass is 32.2. The highest BCUT2D eigenvalue weighted by Gasteiger charge is 2.32. The first-order valence-electron chi connectivity index (χ1n) is 7.29. The van der Waals surface area contributed by atoms with Gasteiger partial charge in [-0.05, 0) is 25.5 Å². The van der Waals surface area contributed by atoms with Gasteiger partial charge in [0.25, 0.3) is 0 Å². The number of aromatic amines is 1. The van der Waals surface area contributed by atoms with Crippen molar-refractivity contribution in [2.24, 2.45) is 0 Å². The molecule has 1 N–H and O–H groups in total. The van der Waals surface area contributed by atoms with E-state index in [0.29, 0.717) is 30.4 Å². The standard InChI is InChI=1S/C14H18FN5O2S/c1-10-4-3-5-12(15)13(10)23(21,22)20-8-6-19(7-9-20)14-16-11(2)17-18-14/h3-5H,6-9H2,1-2H3,(H,16,17,18). The molecule has 0 atom stereocenters. The van der Waals surface area contributed by atoms with Gasteiger partial charge >= 0.3 is 0 Å². The van der Waals surface area contributed by atoms with E-state index < -0.39 is 15.8 Å². The maximum Gasteiger partial charge on any atom is 0.246 e. The molecular weight excluding hydrogens is 321 g/mol. The molecule has 2 aromatic rings. The van der Waals surface area contributed by atoms with Gasteiger partial charge in [0, 0.05) is 26.2 Å². The Kier molecular flexibility index (Phi) is 4.07. The number of benzene rings is 1. The van der Waals surface area contributed by atoms with Gasteiger partial charge < -0.3 is 4.90 Å². The third-order valence-corrected chi connectivity index (χ3v) is 5.95. The van der Waals surface area contributed by atoms with E-state index in [1.807, 2.05) is 4.90 Å². The first kappa shape index (κ1) is 15.9. The zero-order chi connectivity index (χ0) is 16.6. The number of nitrogens with one attached hydrogen (secondary N) is 1. The molecule has 0 radical (unpaired) electrons. The second kappa shape index (κ2) is 5.89. The quantitative estimate of drug-likeness (QED) is 0.905. The molecule has 9 heteroatoms. The summed E-state index contributed by atoms with van der Waals surface area (Å²) in [7, 11) is -3.84. The van der Waals surface area contributed by atoms with Crippen molar-refractivity contribution in [2.75, 3.05) is 31.1 Å². The molecule has 124 valence electrons. The van der Waals surface area contributed by atoms with Crippen molar-refractivity contribution in [2.45, 2.75) is 18.7 Å². The van der Waals surface area contributed by atoms with Crippen LogP contribution in [0.4, 0.5) is 10.3 Å². The summed E-state index contributed by atoms with van der Waals surface area (Å²) in [5, 5.41) is 6.84. The highest BCUT2D eigenvalue weighted by Crippen LogP contribution is 2.24. The van der Waals surface area contributed by atoms with Crippen molar-refractivity contribution in [3.8, 4) is 0 Å². The van der Waals surface area contributed by atoms with E-state index in [2.05, 4.69) is 15.2 Å². The second-order valence-electron chi connectivity index (χ2n) is 5.50. The molecule has 7 nitrogen and oxygen atoms in total. The predicted octanol–water partition coefficient (Wildman–Crippen LogP) is 1.07. The van der Waals surface area contributed by atoms with E-state index in [9.17, 15) is 12.8 Å². The number of hydrogen-bond acceptors (Lipinski definition) is 5. The van der Waals surface area contributed by atoms with Crippen molar-refractivity contribution in [1.82, 2.24) is 19.5 Å². The summed E-state index contributed by atoms with van der Waals surface area (Å²) in [5.41, 5.74) is 0.414. The molecule has 0 unspecified atom stereocenters. The summed E-state index contributed by atoms with van der Waals surface area (Å²) in [6, 6.07) is 4.28. The maximum atomic E-state index is 14.0. The molecule has 23 heavy (non-hydrogen) atoms. The van der Waals surface area contributed by atoms with Crippen LogP contribution in [0.5, 0.6) is 0 Å². The normalized spacial score (nSPS) is 16.7. The largest absolute Gasteiger partial charge is 0.337 e. The highest BCUT2D eigenvalue weighted by molar-refractivity contribution is 7.89. The third kappa shape index (κ3) is 2.93. The van der Waals surface area contributed by atoms with Crippen LogP contribution in [0.15, 0.2) is 23.1 Å². The summed E-state index contributed by atoms with van der Waals surface area (Å²) < 4.78 is 40.7. The minimum absolute atomic E-state index is 0.234. The van der Waals surface area contributed by atoms with Crippen LogP contribution in [-0.4, -0.2) is 54.1 Å². The SMILES string of the molecule is Cc1nc(N2CCN(S(=O)(=O)c3c(C)cccc3F)CC2)n[nH]1. The molecule has 0 saturated carbocycles. The molecule has 0 spiro atoms. The molecule has 1 aliphatic rings. The van der Waals surface area contributed by atoms with E-state index in [1.54, 1.807) is 19.9 Å². The number of aromatic nitrogens is 3. The monoisotopic (exact) mass is 339 g/mol. The van der Waals surface area contributed by atoms with Crippen LogP contribution in [-0.2, 0) is 10.0 Å². The maximum absolute atomic E-state index is 14.0. The van der Waals surface area contributed by atoms with Gasteiger partial charge in [0.05, 0.1) is 0 Å². The van der Waals surface area contributed by atoms with Crippen LogP contribution in [0.1, 0.15) is 11.4 Å². The van der Waals surface area contributed by atoms with Gasteiger partial charge in [-0.3, -0.25) is 5.10 Å². The van der Waals surface area contributed by atoms with Crippen LogP contribution < -0.4 is 4.90 Å². The lowest BCUT2D eigenvalue weighted by molar-refractivity contribution is 0.380. The molecule has 1 fully saturated rings. The molecule has 2 heterocycles. The fraction of sp³-hybridized carbons (Fsp3) is 0.429. The van der Waals surface area contributed by atoms with Crippen LogP contribution >= 0.6 is 0 Å². The van der Waals surface area contributed by atoms with E-state index in [-0.39, 0.29) is 18.0 Å². The third-order valence-electron chi connectivity index (χ3n) is 3.87. The van der Waals surface area contributed by atoms with E-state index in [1.165, 1.54) is 16.4 Å². The number of rotatable bonds is 3. The summed E-state index contributed by atoms with van der Waals surface area (Å²) in [6.45, 7) is 4.86. The van der Waals surface area contributed by atoms with Crippen molar-refractivity contribution in [1.29, 1.82) is 0 Å². The first-order chi connectivity index (χ1) is 10.9. The second-order valence-corrected chi connectivity index (χ2v) is 7.37. The smallest absolute Gasteiger partial charge is 0.246 e. The number of anilines is 1. The van der Waals surface area contributed by atoms with Gasteiger partial charge in [0.15, 0.2) is 0 Å². The fourth-order valence-corrected chi connectivity index (χ4v) is 4.36. The van der Waals surface area contributed by atoms with Crippen LogP contribution in [0.25, 0.3) is 0 Å². The number of H-pyrrole nitrogens is 1. The van der Waals surface area contributed by atoms with Gasteiger partial charge in [-0.1, -0.05) is 12.1 Å². The lowest BCUT2D eigenvalue weighted by Crippen LogP contribution is -2.49. The number of halogens is 1. The lowest BCUT2D eigenvalue weighted by atomic mass is 10.2. The number of piperazine rings is 1. The molecule has 1 saturated heterocycles. The van der Waals surface area contributed by atoms with Gasteiger partial charge in [-0.15, -0.1) is 5.10 Å². The molecule has 0 bridgehead atoms. The van der Waals surface area contributed by atoms with E-state index in [0.717, 1.165) is 0 Å². The van der Waals surface area contributed by atoms with Gasteiger partial charge in [-0.25, -0.2) is 12.8 Å². The number of hydrogen-bond donors (Lipinski definition) is 1. The Morgan fingerprint density at radius 2 is 1.87 bits per heavy atom. The molecule has 1 aliphatic heterocycles. The van der Waals surface area contributed by atoms with Crippen molar-refractivity contribution in [3.63, 3.8) is 0 Å². The Morgan fingerprint density at radius 3 is 2.43 bits per heavy atom. The van der Waals surface area contributed by atoms with E-state index in [4.69, 9.17) is 0 Å². The Morgan fingerprint density at radius 1 is 1.17 bits per heavy atom. The topological polar surface area (TPSA) is 82.2 Å². The minimum Gasteiger partial charge on any atom is -0.337 e. The van der Waals surface area contributed by atoms with Crippen molar-refractivity contribution >= 4 is 16.0 Å². The number of nitrogens with zero attached hydrogens (tertiary/aromatic N) is 4. The number of aryl methyl sites for hydroxylation is 2. The summed E-state index contributed by atoms with van der Waals surface area (Å²) >= 11 is 0. The lowest BCUT2D eigenvalue weighted by Gasteiger charge is -2.33. The number of sulfonamides is 1. The zero-order valence-corrected chi connectivity index (χ0v) is 13.8. The van der Waals surface area contributed by atoms with Gasteiger partial charge in [0.2, 0.25) is 16.0 Å². The van der Waals surface area contributed by atoms with Crippen molar-refractivity contribution in [3.05, 3.63) is 35.4 Å². The van der Waals surface area contributed by atoms with Crippen LogP contribution in [0, 0.1) is 19.7 Å². The van der Waals surface area contributed by atoms with Crippen molar-refractivity contribution < 1.29 is 12.8 Å². The Labute approximate surface area is 134 Å².